The monoisotopic (exact) mass is 338 g/mol. The van der Waals surface area contributed by atoms with Gasteiger partial charge in [-0.25, -0.2) is 14.2 Å². The first kappa shape index (κ1) is 16.7. The Morgan fingerprint density at radius 3 is 2.68 bits per heavy atom. The molecular formula is C19H19FN4O. The molecule has 1 heterocycles. The number of halogens is 1. The van der Waals surface area contributed by atoms with E-state index in [1.54, 1.807) is 29.1 Å². The van der Waals surface area contributed by atoms with E-state index >= 15 is 0 Å². The fourth-order valence-electron chi connectivity index (χ4n) is 2.60. The number of carbonyl (C=O) groups is 1. The van der Waals surface area contributed by atoms with Gasteiger partial charge in [0.1, 0.15) is 17.7 Å². The second-order valence-electron chi connectivity index (χ2n) is 5.70. The fourth-order valence-corrected chi connectivity index (χ4v) is 2.60. The van der Waals surface area contributed by atoms with E-state index in [2.05, 4.69) is 15.6 Å². The van der Waals surface area contributed by atoms with E-state index < -0.39 is 6.04 Å². The van der Waals surface area contributed by atoms with E-state index in [1.807, 2.05) is 37.4 Å². The van der Waals surface area contributed by atoms with E-state index in [0.29, 0.717) is 17.9 Å². The molecule has 128 valence electrons. The summed E-state index contributed by atoms with van der Waals surface area (Å²) < 4.78 is 15.4. The van der Waals surface area contributed by atoms with Gasteiger partial charge in [-0.2, -0.15) is 0 Å². The topological polar surface area (TPSA) is 59.0 Å². The number of rotatable bonds is 5. The minimum Gasteiger partial charge on any atom is -0.336 e. The molecule has 0 aliphatic heterocycles. The minimum atomic E-state index is -0.550. The number of amides is 2. The van der Waals surface area contributed by atoms with Gasteiger partial charge in [-0.3, -0.25) is 0 Å². The lowest BCUT2D eigenvalue weighted by Gasteiger charge is -2.19. The lowest BCUT2D eigenvalue weighted by molar-refractivity contribution is 0.237. The fraction of sp³-hybridized carbons (Fsp3) is 0.158. The Kier molecular flexibility index (Phi) is 5.09. The first-order valence-electron chi connectivity index (χ1n) is 7.94. The van der Waals surface area contributed by atoms with Crippen molar-refractivity contribution >= 4 is 6.03 Å². The first-order valence-corrected chi connectivity index (χ1v) is 7.94. The van der Waals surface area contributed by atoms with E-state index in [4.69, 9.17) is 0 Å². The van der Waals surface area contributed by atoms with Crippen LogP contribution >= 0.6 is 0 Å². The molecule has 0 bridgehead atoms. The number of hydrogen-bond donors (Lipinski definition) is 2. The smallest absolute Gasteiger partial charge is 0.315 e. The molecule has 0 radical (unpaired) electrons. The third-order valence-electron chi connectivity index (χ3n) is 3.87. The van der Waals surface area contributed by atoms with E-state index in [1.165, 1.54) is 12.1 Å². The average Bonchev–Trinajstić information content (AvgIpc) is 3.04. The number of aromatic nitrogens is 2. The number of urea groups is 1. The molecule has 3 aromatic rings. The second-order valence-corrected chi connectivity index (χ2v) is 5.70. The van der Waals surface area contributed by atoms with Crippen LogP contribution in [0.2, 0.25) is 0 Å². The zero-order chi connectivity index (χ0) is 17.6. The highest BCUT2D eigenvalue weighted by molar-refractivity contribution is 5.74. The summed E-state index contributed by atoms with van der Waals surface area (Å²) in [5.74, 6) is 0.267. The van der Waals surface area contributed by atoms with Gasteiger partial charge in [0.05, 0.1) is 0 Å². The molecule has 0 spiro atoms. The molecule has 25 heavy (non-hydrogen) atoms. The molecule has 0 saturated heterocycles. The maximum absolute atomic E-state index is 13.6. The van der Waals surface area contributed by atoms with Crippen LogP contribution in [0.5, 0.6) is 0 Å². The number of hydrogen-bond acceptors (Lipinski definition) is 2. The Hall–Kier alpha value is -3.15. The minimum absolute atomic E-state index is 0.346. The summed E-state index contributed by atoms with van der Waals surface area (Å²) in [6.45, 7) is 0.406. The van der Waals surface area contributed by atoms with Crippen molar-refractivity contribution < 1.29 is 9.18 Å². The van der Waals surface area contributed by atoms with Crippen molar-refractivity contribution in [3.8, 4) is 0 Å². The Balaban J connectivity index is 1.76. The van der Waals surface area contributed by atoms with E-state index in [-0.39, 0.29) is 11.8 Å². The van der Waals surface area contributed by atoms with E-state index in [0.717, 1.165) is 5.56 Å². The van der Waals surface area contributed by atoms with Crippen LogP contribution in [0.1, 0.15) is 23.0 Å². The van der Waals surface area contributed by atoms with Crippen molar-refractivity contribution in [1.82, 2.24) is 20.2 Å². The third kappa shape index (κ3) is 4.23. The lowest BCUT2D eigenvalue weighted by atomic mass is 10.1. The molecule has 0 fully saturated rings. The van der Waals surface area contributed by atoms with Gasteiger partial charge in [-0.1, -0.05) is 42.5 Å². The quantitative estimate of drug-likeness (QED) is 0.751. The largest absolute Gasteiger partial charge is 0.336 e. The van der Waals surface area contributed by atoms with Crippen LogP contribution in [-0.2, 0) is 13.6 Å². The Morgan fingerprint density at radius 1 is 1.20 bits per heavy atom. The number of aryl methyl sites for hydroxylation is 1. The Morgan fingerprint density at radius 2 is 2.00 bits per heavy atom. The molecule has 0 saturated carbocycles. The van der Waals surface area contributed by atoms with Gasteiger partial charge < -0.3 is 15.2 Å². The van der Waals surface area contributed by atoms with Crippen LogP contribution < -0.4 is 10.6 Å². The number of nitrogens with zero attached hydrogens (tertiary/aromatic N) is 2. The highest BCUT2D eigenvalue weighted by Crippen LogP contribution is 2.21. The molecule has 2 aromatic carbocycles. The standard InChI is InChI=1S/C19H19FN4O/c1-24-11-10-21-18(24)17(15-8-5-9-16(20)12-15)23-19(25)22-13-14-6-3-2-4-7-14/h2-12,17H,13H2,1H3,(H2,22,23,25). The van der Waals surface area contributed by atoms with Gasteiger partial charge in [-0.05, 0) is 23.3 Å². The molecule has 6 heteroatoms. The van der Waals surface area contributed by atoms with Gasteiger partial charge in [0.25, 0.3) is 0 Å². The normalized spacial score (nSPS) is 11.8. The second kappa shape index (κ2) is 7.61. The molecule has 0 aliphatic carbocycles. The van der Waals surface area contributed by atoms with Gasteiger partial charge in [-0.15, -0.1) is 0 Å². The maximum atomic E-state index is 13.6. The molecule has 0 aliphatic rings. The summed E-state index contributed by atoms with van der Waals surface area (Å²) in [5.41, 5.74) is 1.63. The molecule has 3 rings (SSSR count). The number of benzene rings is 2. The van der Waals surface area contributed by atoms with Crippen LogP contribution in [0.4, 0.5) is 9.18 Å². The van der Waals surface area contributed by atoms with Crippen LogP contribution in [0, 0.1) is 5.82 Å². The van der Waals surface area contributed by atoms with Gasteiger partial charge >= 0.3 is 6.03 Å². The van der Waals surface area contributed by atoms with Crippen molar-refractivity contribution in [2.75, 3.05) is 0 Å². The first-order chi connectivity index (χ1) is 12.1. The number of nitrogens with one attached hydrogen (secondary N) is 2. The molecule has 2 N–H and O–H groups in total. The predicted molar refractivity (Wildman–Crippen MR) is 93.3 cm³/mol. The van der Waals surface area contributed by atoms with Gasteiger partial charge in [0.15, 0.2) is 0 Å². The summed E-state index contributed by atoms with van der Waals surface area (Å²) in [7, 11) is 1.83. The van der Waals surface area contributed by atoms with Crippen molar-refractivity contribution in [3.63, 3.8) is 0 Å². The summed E-state index contributed by atoms with van der Waals surface area (Å²) >= 11 is 0. The van der Waals surface area contributed by atoms with Crippen molar-refractivity contribution in [3.05, 3.63) is 89.8 Å². The average molecular weight is 338 g/mol. The molecule has 5 nitrogen and oxygen atoms in total. The van der Waals surface area contributed by atoms with Crippen LogP contribution in [0.25, 0.3) is 0 Å². The van der Waals surface area contributed by atoms with Crippen LogP contribution in [0.15, 0.2) is 67.0 Å². The Labute approximate surface area is 145 Å². The highest BCUT2D eigenvalue weighted by atomic mass is 19.1. The van der Waals surface area contributed by atoms with Crippen molar-refractivity contribution in [2.24, 2.45) is 7.05 Å². The number of carbonyl (C=O) groups excluding carboxylic acids is 1. The summed E-state index contributed by atoms with van der Waals surface area (Å²) in [6, 6.07) is 14.9. The Bertz CT molecular complexity index is 847. The summed E-state index contributed by atoms with van der Waals surface area (Å²) in [6.07, 6.45) is 3.43. The van der Waals surface area contributed by atoms with Gasteiger partial charge in [0.2, 0.25) is 0 Å². The molecular weight excluding hydrogens is 319 g/mol. The van der Waals surface area contributed by atoms with E-state index in [9.17, 15) is 9.18 Å². The van der Waals surface area contributed by atoms with Crippen molar-refractivity contribution in [1.29, 1.82) is 0 Å². The number of imidazole rings is 1. The zero-order valence-corrected chi connectivity index (χ0v) is 13.8. The SMILES string of the molecule is Cn1ccnc1C(NC(=O)NCc1ccccc1)c1cccc(F)c1. The maximum Gasteiger partial charge on any atom is 0.315 e. The van der Waals surface area contributed by atoms with Crippen molar-refractivity contribution in [2.45, 2.75) is 12.6 Å². The third-order valence-corrected chi connectivity index (χ3v) is 3.87. The molecule has 1 atom stereocenters. The molecule has 1 aromatic heterocycles. The molecule has 1 unspecified atom stereocenters. The lowest BCUT2D eigenvalue weighted by Crippen LogP contribution is -2.39. The summed E-state index contributed by atoms with van der Waals surface area (Å²) in [4.78, 5) is 16.6. The van der Waals surface area contributed by atoms with Gasteiger partial charge in [0, 0.05) is 26.0 Å². The molecule has 2 amide bonds. The van der Waals surface area contributed by atoms with Crippen LogP contribution in [-0.4, -0.2) is 15.6 Å². The summed E-state index contributed by atoms with van der Waals surface area (Å²) in [5, 5.41) is 5.69. The highest BCUT2D eigenvalue weighted by Gasteiger charge is 2.21. The zero-order valence-electron chi connectivity index (χ0n) is 13.8. The van der Waals surface area contributed by atoms with Crippen LogP contribution in [0.3, 0.4) is 0 Å². The predicted octanol–water partition coefficient (Wildman–Crippen LogP) is 3.15.